The second-order valence-electron chi connectivity index (χ2n) is 3.76. The van der Waals surface area contributed by atoms with Crippen LogP contribution in [0.15, 0.2) is 12.3 Å². The average Bonchev–Trinajstić information content (AvgIpc) is 2.71. The van der Waals surface area contributed by atoms with Crippen molar-refractivity contribution in [3.8, 4) is 11.5 Å². The van der Waals surface area contributed by atoms with Gasteiger partial charge in [0.2, 0.25) is 0 Å². The third kappa shape index (κ3) is 2.59. The van der Waals surface area contributed by atoms with Crippen molar-refractivity contribution in [2.45, 2.75) is 13.8 Å². The Morgan fingerprint density at radius 2 is 2.21 bits per heavy atom. The van der Waals surface area contributed by atoms with Crippen molar-refractivity contribution < 1.29 is 18.3 Å². The van der Waals surface area contributed by atoms with Crippen molar-refractivity contribution in [3.05, 3.63) is 35.3 Å². The second kappa shape index (κ2) is 5.13. The number of aromatic nitrogens is 3. The van der Waals surface area contributed by atoms with Crippen molar-refractivity contribution in [1.29, 1.82) is 0 Å². The molecule has 19 heavy (non-hydrogen) atoms. The van der Waals surface area contributed by atoms with Gasteiger partial charge in [-0.15, -0.1) is 0 Å². The predicted molar refractivity (Wildman–Crippen MR) is 62.4 cm³/mol. The molecule has 100 valence electrons. The molecule has 1 N–H and O–H groups in total. The van der Waals surface area contributed by atoms with Gasteiger partial charge in [0.25, 0.3) is 0 Å². The van der Waals surface area contributed by atoms with Gasteiger partial charge in [-0.2, -0.15) is 0 Å². The zero-order chi connectivity index (χ0) is 14.0. The number of H-pyrrole nitrogens is 1. The smallest absolute Gasteiger partial charge is 0.358 e. The highest BCUT2D eigenvalue weighted by Crippen LogP contribution is 2.20. The molecular weight excluding hydrogens is 256 g/mol. The summed E-state index contributed by atoms with van der Waals surface area (Å²) in [6, 6.07) is 0.699. The van der Waals surface area contributed by atoms with Crippen LogP contribution in [0.1, 0.15) is 23.1 Å². The van der Waals surface area contributed by atoms with Gasteiger partial charge in [-0.05, 0) is 13.8 Å². The topological polar surface area (TPSA) is 67.9 Å². The van der Waals surface area contributed by atoms with Gasteiger partial charge < -0.3 is 9.72 Å². The monoisotopic (exact) mass is 267 g/mol. The van der Waals surface area contributed by atoms with Crippen molar-refractivity contribution in [2.24, 2.45) is 0 Å². The Kier molecular flexibility index (Phi) is 3.55. The zero-order valence-corrected chi connectivity index (χ0v) is 10.3. The third-order valence-electron chi connectivity index (χ3n) is 2.39. The van der Waals surface area contributed by atoms with Gasteiger partial charge >= 0.3 is 5.97 Å². The SMILES string of the molecule is CCOC(=O)c1nc(-c2ncc(F)cc2F)[nH]c1C. The van der Waals surface area contributed by atoms with Crippen LogP contribution in [0.3, 0.4) is 0 Å². The number of hydrogen-bond acceptors (Lipinski definition) is 4. The lowest BCUT2D eigenvalue weighted by Crippen LogP contribution is -2.06. The van der Waals surface area contributed by atoms with E-state index in [1.807, 2.05) is 0 Å². The van der Waals surface area contributed by atoms with Crippen LogP contribution in [0.25, 0.3) is 11.5 Å². The quantitative estimate of drug-likeness (QED) is 0.866. The molecule has 0 aromatic carbocycles. The zero-order valence-electron chi connectivity index (χ0n) is 10.3. The molecule has 0 aliphatic heterocycles. The fourth-order valence-corrected chi connectivity index (χ4v) is 1.56. The summed E-state index contributed by atoms with van der Waals surface area (Å²) >= 11 is 0. The molecule has 0 saturated carbocycles. The number of aromatic amines is 1. The molecule has 0 amide bonds. The van der Waals surface area contributed by atoms with E-state index in [1.165, 1.54) is 0 Å². The summed E-state index contributed by atoms with van der Waals surface area (Å²) in [5.41, 5.74) is 0.335. The number of nitrogens with one attached hydrogen (secondary N) is 1. The van der Waals surface area contributed by atoms with E-state index in [9.17, 15) is 13.6 Å². The molecule has 0 spiro atoms. The second-order valence-corrected chi connectivity index (χ2v) is 3.76. The van der Waals surface area contributed by atoms with E-state index < -0.39 is 17.6 Å². The number of ether oxygens (including phenoxy) is 1. The van der Waals surface area contributed by atoms with Gasteiger partial charge in [-0.3, -0.25) is 0 Å². The van der Waals surface area contributed by atoms with Gasteiger partial charge in [0.15, 0.2) is 17.3 Å². The molecule has 0 aliphatic carbocycles. The van der Waals surface area contributed by atoms with Gasteiger partial charge in [0, 0.05) is 11.8 Å². The normalized spacial score (nSPS) is 10.5. The summed E-state index contributed by atoms with van der Waals surface area (Å²) < 4.78 is 31.1. The van der Waals surface area contributed by atoms with Gasteiger partial charge in [0.05, 0.1) is 12.8 Å². The number of pyridine rings is 1. The van der Waals surface area contributed by atoms with Crippen molar-refractivity contribution in [3.63, 3.8) is 0 Å². The van der Waals surface area contributed by atoms with E-state index in [0.717, 1.165) is 6.20 Å². The Morgan fingerprint density at radius 1 is 1.47 bits per heavy atom. The maximum Gasteiger partial charge on any atom is 0.358 e. The first kappa shape index (κ1) is 13.1. The summed E-state index contributed by atoms with van der Waals surface area (Å²) in [5, 5.41) is 0. The summed E-state index contributed by atoms with van der Waals surface area (Å²) in [5.74, 6) is -2.19. The molecule has 2 aromatic rings. The first-order valence-electron chi connectivity index (χ1n) is 5.58. The Hall–Kier alpha value is -2.31. The van der Waals surface area contributed by atoms with Crippen LogP contribution in [0.2, 0.25) is 0 Å². The molecule has 2 rings (SSSR count). The van der Waals surface area contributed by atoms with Crippen LogP contribution in [0.5, 0.6) is 0 Å². The summed E-state index contributed by atoms with van der Waals surface area (Å²) in [6.07, 6.45) is 0.875. The summed E-state index contributed by atoms with van der Waals surface area (Å²) in [7, 11) is 0. The Balaban J connectivity index is 2.42. The number of carbonyl (C=O) groups is 1. The van der Waals surface area contributed by atoms with Gasteiger partial charge in [-0.25, -0.2) is 23.5 Å². The number of nitrogens with zero attached hydrogens (tertiary/aromatic N) is 2. The van der Waals surface area contributed by atoms with Crippen LogP contribution in [0.4, 0.5) is 8.78 Å². The molecule has 0 bridgehead atoms. The van der Waals surface area contributed by atoms with Crippen LogP contribution in [0, 0.1) is 18.6 Å². The lowest BCUT2D eigenvalue weighted by Gasteiger charge is -1.98. The number of halogens is 2. The molecule has 5 nitrogen and oxygen atoms in total. The van der Waals surface area contributed by atoms with Gasteiger partial charge in [0.1, 0.15) is 11.5 Å². The van der Waals surface area contributed by atoms with Crippen molar-refractivity contribution >= 4 is 5.97 Å². The Morgan fingerprint density at radius 3 is 2.84 bits per heavy atom. The number of imidazole rings is 1. The molecule has 2 aromatic heterocycles. The van der Waals surface area contributed by atoms with E-state index >= 15 is 0 Å². The minimum absolute atomic E-state index is 0.0538. The molecule has 2 heterocycles. The minimum Gasteiger partial charge on any atom is -0.461 e. The van der Waals surface area contributed by atoms with Crippen molar-refractivity contribution in [2.75, 3.05) is 6.61 Å². The Bertz CT molecular complexity index is 625. The fourth-order valence-electron chi connectivity index (χ4n) is 1.56. The first-order valence-corrected chi connectivity index (χ1v) is 5.58. The largest absolute Gasteiger partial charge is 0.461 e. The standard InChI is InChI=1S/C12H11F2N3O2/c1-3-19-12(18)9-6(2)16-11(17-9)10-8(14)4-7(13)5-15-10/h4-5H,3H2,1-2H3,(H,16,17). The van der Waals surface area contributed by atoms with E-state index in [2.05, 4.69) is 15.0 Å². The number of esters is 1. The Labute approximate surface area is 107 Å². The van der Waals surface area contributed by atoms with Crippen LogP contribution in [-0.4, -0.2) is 27.5 Å². The highest BCUT2D eigenvalue weighted by Gasteiger charge is 2.19. The maximum absolute atomic E-state index is 13.5. The highest BCUT2D eigenvalue weighted by atomic mass is 19.1. The van der Waals surface area contributed by atoms with Crippen molar-refractivity contribution in [1.82, 2.24) is 15.0 Å². The number of hydrogen-bond donors (Lipinski definition) is 1. The average molecular weight is 267 g/mol. The number of carbonyl (C=O) groups excluding carboxylic acids is 1. The first-order chi connectivity index (χ1) is 9.02. The number of rotatable bonds is 3. The maximum atomic E-state index is 13.5. The van der Waals surface area contributed by atoms with Gasteiger partial charge in [-0.1, -0.05) is 0 Å². The van der Waals surface area contributed by atoms with Crippen LogP contribution < -0.4 is 0 Å². The fraction of sp³-hybridized carbons (Fsp3) is 0.250. The minimum atomic E-state index is -0.857. The number of aryl methyl sites for hydroxylation is 1. The van der Waals surface area contributed by atoms with Crippen LogP contribution in [-0.2, 0) is 4.74 Å². The molecule has 0 unspecified atom stereocenters. The predicted octanol–water partition coefficient (Wildman–Crippen LogP) is 2.24. The lowest BCUT2D eigenvalue weighted by molar-refractivity contribution is 0.0519. The molecule has 0 aliphatic rings. The van der Waals surface area contributed by atoms with E-state index in [1.54, 1.807) is 13.8 Å². The summed E-state index contributed by atoms with van der Waals surface area (Å²) in [6.45, 7) is 3.48. The molecule has 0 atom stereocenters. The molecule has 0 radical (unpaired) electrons. The highest BCUT2D eigenvalue weighted by molar-refractivity contribution is 5.89. The molecule has 7 heteroatoms. The molecular formula is C12H11F2N3O2. The van der Waals surface area contributed by atoms with E-state index in [4.69, 9.17) is 4.74 Å². The van der Waals surface area contributed by atoms with E-state index in [0.29, 0.717) is 11.8 Å². The molecule has 0 saturated heterocycles. The van der Waals surface area contributed by atoms with Crippen LogP contribution >= 0.6 is 0 Å². The summed E-state index contributed by atoms with van der Waals surface area (Å²) in [4.78, 5) is 21.8. The molecule has 0 fully saturated rings. The van der Waals surface area contributed by atoms with E-state index in [-0.39, 0.29) is 23.8 Å². The lowest BCUT2D eigenvalue weighted by atomic mass is 10.3. The third-order valence-corrected chi connectivity index (χ3v) is 2.39.